The first-order valence-corrected chi connectivity index (χ1v) is 16.9. The summed E-state index contributed by atoms with van der Waals surface area (Å²) in [6.07, 6.45) is 2.24. The molecule has 1 aliphatic carbocycles. The Bertz CT molecular complexity index is 1300. The van der Waals surface area contributed by atoms with E-state index >= 15 is 0 Å². The van der Waals surface area contributed by atoms with Crippen LogP contribution in [0.5, 0.6) is 0 Å². The SMILES string of the molecule is C=C1CC2(CC(=O)N(CC3(C)CC(N4C(=O)CC5(CC(C)(C)N(OC)C(C)(C)C5)OC4=O)CC(C)(C)C3)C(=O)O2)CC(C)(C)N1OC. The van der Waals surface area contributed by atoms with Crippen molar-refractivity contribution in [2.75, 3.05) is 20.8 Å². The van der Waals surface area contributed by atoms with Gasteiger partial charge >= 0.3 is 12.2 Å². The minimum Gasteiger partial charge on any atom is -0.442 e. The van der Waals surface area contributed by atoms with Crippen molar-refractivity contribution in [3.8, 4) is 0 Å². The summed E-state index contributed by atoms with van der Waals surface area (Å²) in [5.41, 5.74) is -3.59. The van der Waals surface area contributed by atoms with E-state index in [9.17, 15) is 19.2 Å². The highest BCUT2D eigenvalue weighted by molar-refractivity contribution is 5.96. The van der Waals surface area contributed by atoms with Gasteiger partial charge in [-0.2, -0.15) is 5.06 Å². The van der Waals surface area contributed by atoms with Crippen LogP contribution < -0.4 is 0 Å². The monoisotopic (exact) mass is 660 g/mol. The molecule has 3 unspecified atom stereocenters. The van der Waals surface area contributed by atoms with Gasteiger partial charge in [0.15, 0.2) is 0 Å². The molecule has 4 amide bonds. The lowest BCUT2D eigenvalue weighted by Crippen LogP contribution is -2.69. The maximum absolute atomic E-state index is 14.0. The molecule has 0 bridgehead atoms. The van der Waals surface area contributed by atoms with Crippen LogP contribution in [-0.4, -0.2) is 98.6 Å². The van der Waals surface area contributed by atoms with Gasteiger partial charge < -0.3 is 14.3 Å². The van der Waals surface area contributed by atoms with Crippen LogP contribution in [0.25, 0.3) is 0 Å². The van der Waals surface area contributed by atoms with Crippen molar-refractivity contribution in [3.05, 3.63) is 12.3 Å². The quantitative estimate of drug-likeness (QED) is 0.350. The van der Waals surface area contributed by atoms with Gasteiger partial charge in [0.2, 0.25) is 11.8 Å². The zero-order valence-electron chi connectivity index (χ0n) is 30.4. The van der Waals surface area contributed by atoms with Gasteiger partial charge in [-0.3, -0.25) is 19.5 Å². The van der Waals surface area contributed by atoms with Gasteiger partial charge in [0.25, 0.3) is 0 Å². The van der Waals surface area contributed by atoms with Crippen molar-refractivity contribution in [3.63, 3.8) is 0 Å². The van der Waals surface area contributed by atoms with Gasteiger partial charge in [-0.1, -0.05) is 27.4 Å². The third-order valence-electron chi connectivity index (χ3n) is 11.0. The fourth-order valence-corrected chi connectivity index (χ4v) is 10.9. The van der Waals surface area contributed by atoms with Crippen LogP contribution in [0.4, 0.5) is 9.59 Å². The van der Waals surface area contributed by atoms with Gasteiger partial charge in [-0.05, 0) is 71.6 Å². The van der Waals surface area contributed by atoms with Crippen molar-refractivity contribution < 1.29 is 38.3 Å². The summed E-state index contributed by atoms with van der Waals surface area (Å²) in [7, 11) is 3.22. The van der Waals surface area contributed by atoms with Crippen molar-refractivity contribution >= 4 is 24.0 Å². The molecule has 12 heteroatoms. The molecule has 0 aromatic rings. The molecule has 3 atom stereocenters. The normalized spacial score (nSPS) is 34.9. The summed E-state index contributed by atoms with van der Waals surface area (Å²) in [6, 6.07) is -0.439. The molecule has 12 nitrogen and oxygen atoms in total. The van der Waals surface area contributed by atoms with E-state index < -0.39 is 51.5 Å². The van der Waals surface area contributed by atoms with Crippen LogP contribution in [0.1, 0.15) is 120 Å². The molecule has 5 aliphatic rings. The van der Waals surface area contributed by atoms with Crippen LogP contribution in [0.2, 0.25) is 0 Å². The lowest BCUT2D eigenvalue weighted by atomic mass is 9.62. The number of piperidine rings is 2. The second-order valence-electron chi connectivity index (χ2n) is 18.1. The van der Waals surface area contributed by atoms with E-state index in [1.54, 1.807) is 19.3 Å². The summed E-state index contributed by atoms with van der Waals surface area (Å²) < 4.78 is 12.4. The Labute approximate surface area is 279 Å². The number of hydrogen-bond donors (Lipinski definition) is 0. The van der Waals surface area contributed by atoms with E-state index in [0.717, 1.165) is 0 Å². The molecule has 0 N–H and O–H groups in total. The smallest absolute Gasteiger partial charge is 0.417 e. The van der Waals surface area contributed by atoms with Crippen molar-refractivity contribution in [2.45, 2.75) is 154 Å². The maximum Gasteiger partial charge on any atom is 0.417 e. The summed E-state index contributed by atoms with van der Waals surface area (Å²) >= 11 is 0. The average molecular weight is 661 g/mol. The molecule has 264 valence electrons. The van der Waals surface area contributed by atoms with E-state index in [-0.39, 0.29) is 36.6 Å². The zero-order valence-corrected chi connectivity index (χ0v) is 30.4. The predicted molar refractivity (Wildman–Crippen MR) is 173 cm³/mol. The highest BCUT2D eigenvalue weighted by Gasteiger charge is 2.60. The number of rotatable bonds is 5. The number of ether oxygens (including phenoxy) is 2. The maximum atomic E-state index is 14.0. The van der Waals surface area contributed by atoms with Crippen LogP contribution in [0.15, 0.2) is 12.3 Å². The number of hydroxylamine groups is 4. The molecule has 4 heterocycles. The minimum absolute atomic E-state index is 0.0495. The van der Waals surface area contributed by atoms with Gasteiger partial charge in [-0.15, -0.1) is 0 Å². The van der Waals surface area contributed by atoms with Gasteiger partial charge in [0.1, 0.15) is 11.2 Å². The highest BCUT2D eigenvalue weighted by atomic mass is 16.7. The van der Waals surface area contributed by atoms with Crippen LogP contribution >= 0.6 is 0 Å². The summed E-state index contributed by atoms with van der Waals surface area (Å²) in [4.78, 5) is 68.9. The van der Waals surface area contributed by atoms with E-state index in [0.29, 0.717) is 50.6 Å². The summed E-state index contributed by atoms with van der Waals surface area (Å²) in [5, 5.41) is 3.65. The van der Waals surface area contributed by atoms with Crippen molar-refractivity contribution in [1.82, 2.24) is 19.9 Å². The fourth-order valence-electron chi connectivity index (χ4n) is 10.9. The molecule has 0 radical (unpaired) electrons. The molecule has 1 saturated carbocycles. The largest absolute Gasteiger partial charge is 0.442 e. The number of hydrogen-bond acceptors (Lipinski definition) is 10. The minimum atomic E-state index is -0.988. The van der Waals surface area contributed by atoms with Crippen LogP contribution in [0, 0.1) is 10.8 Å². The van der Waals surface area contributed by atoms with Crippen molar-refractivity contribution in [1.29, 1.82) is 0 Å². The molecule has 5 fully saturated rings. The Hall–Kier alpha value is -2.70. The van der Waals surface area contributed by atoms with Gasteiger partial charge in [-0.25, -0.2) is 19.4 Å². The first-order chi connectivity index (χ1) is 21.4. The Kier molecular flexibility index (Phi) is 8.46. The highest BCUT2D eigenvalue weighted by Crippen LogP contribution is 2.53. The fraction of sp³-hybridized carbons (Fsp3) is 0.829. The number of amides is 4. The number of imide groups is 2. The lowest BCUT2D eigenvalue weighted by Gasteiger charge is -2.59. The molecule has 4 saturated heterocycles. The Balaban J connectivity index is 1.32. The predicted octanol–water partition coefficient (Wildman–Crippen LogP) is 5.95. The van der Waals surface area contributed by atoms with E-state index in [2.05, 4.69) is 20.4 Å². The second kappa shape index (κ2) is 11.2. The number of carbonyl (C=O) groups excluding carboxylic acids is 4. The van der Waals surface area contributed by atoms with Crippen LogP contribution in [0.3, 0.4) is 0 Å². The molecule has 0 aromatic carbocycles. The van der Waals surface area contributed by atoms with E-state index in [1.807, 2.05) is 53.5 Å². The topological polar surface area (TPSA) is 118 Å². The van der Waals surface area contributed by atoms with Gasteiger partial charge in [0.05, 0.1) is 32.6 Å². The summed E-state index contributed by atoms with van der Waals surface area (Å²) in [5.74, 6) is -0.538. The molecule has 4 aliphatic heterocycles. The van der Waals surface area contributed by atoms with E-state index in [1.165, 1.54) is 9.80 Å². The Morgan fingerprint density at radius 3 is 1.77 bits per heavy atom. The zero-order chi connectivity index (χ0) is 35.2. The molecule has 2 spiro atoms. The first kappa shape index (κ1) is 35.6. The standard InChI is InChI=1S/C35H56N4O8/c1-23-13-34(19-30(4,5)38(23)44-11)16-25(40)36(27(42)46-34)22-33(10)15-24(14-29(2,3)18-33)37-26(41)17-35(47-28(37)43)20-31(6,7)39(45-12)32(8,9)21-35/h24H,1,13-22H2,2-12H3. The van der Waals surface area contributed by atoms with E-state index in [4.69, 9.17) is 19.1 Å². The summed E-state index contributed by atoms with van der Waals surface area (Å²) in [6.45, 7) is 22.6. The number of nitrogens with zero attached hydrogens (tertiary/aromatic N) is 4. The van der Waals surface area contributed by atoms with Crippen LogP contribution in [-0.2, 0) is 28.7 Å². The second-order valence-corrected chi connectivity index (χ2v) is 18.1. The lowest BCUT2D eigenvalue weighted by molar-refractivity contribution is -0.293. The molecule has 0 aromatic heterocycles. The molecule has 47 heavy (non-hydrogen) atoms. The third-order valence-corrected chi connectivity index (χ3v) is 11.0. The molecule has 5 rings (SSSR count). The molecular formula is C35H56N4O8. The Morgan fingerprint density at radius 1 is 0.702 bits per heavy atom. The van der Waals surface area contributed by atoms with Crippen molar-refractivity contribution in [2.24, 2.45) is 10.8 Å². The Morgan fingerprint density at radius 2 is 1.26 bits per heavy atom. The number of carbonyl (C=O) groups is 4. The third kappa shape index (κ3) is 6.41. The average Bonchev–Trinajstić information content (AvgIpc) is 2.82. The van der Waals surface area contributed by atoms with Gasteiger partial charge in [0, 0.05) is 55.0 Å². The first-order valence-electron chi connectivity index (χ1n) is 16.9. The molecular weight excluding hydrogens is 604 g/mol.